The number of aliphatic hydroxyl groups excluding tert-OH is 1. The molecule has 1 rings (SSSR count). The number of thiol groups is 1. The Morgan fingerprint density at radius 2 is 2.30 bits per heavy atom. The minimum absolute atomic E-state index is 0. The highest BCUT2D eigenvalue weighted by atomic mass is 35.5. The zero-order valence-electron chi connectivity index (χ0n) is 6.03. The fraction of sp³-hybridized carbons (Fsp3) is 1.00. The molecule has 0 spiro atoms. The molecule has 4 heteroatoms. The van der Waals surface area contributed by atoms with Gasteiger partial charge in [0.05, 0.1) is 6.61 Å². The first kappa shape index (κ1) is 10.6. The first-order valence-corrected chi connectivity index (χ1v) is 3.75. The Morgan fingerprint density at radius 3 is 2.50 bits per heavy atom. The quantitative estimate of drug-likeness (QED) is 0.576. The number of halogens is 1. The van der Waals surface area contributed by atoms with E-state index in [0.29, 0.717) is 11.3 Å². The minimum atomic E-state index is 0. The molecule has 1 saturated heterocycles. The van der Waals surface area contributed by atoms with Crippen LogP contribution in [-0.2, 0) is 0 Å². The van der Waals surface area contributed by atoms with Gasteiger partial charge in [0.1, 0.15) is 0 Å². The predicted octanol–water partition coefficient (Wildman–Crippen LogP) is 0.403. The number of hydrogen-bond donors (Lipinski definition) is 2. The van der Waals surface area contributed by atoms with Gasteiger partial charge in [0.15, 0.2) is 0 Å². The minimum Gasteiger partial charge on any atom is -0.395 e. The summed E-state index contributed by atoms with van der Waals surface area (Å²) in [6.45, 7) is 1.28. The molecule has 0 aromatic rings. The third-order valence-electron chi connectivity index (χ3n) is 1.88. The van der Waals surface area contributed by atoms with E-state index in [0.717, 1.165) is 13.0 Å². The monoisotopic (exact) mass is 183 g/mol. The van der Waals surface area contributed by atoms with E-state index in [1.165, 1.54) is 0 Å². The smallest absolute Gasteiger partial charge is 0.0587 e. The summed E-state index contributed by atoms with van der Waals surface area (Å²) in [6.07, 6.45) is 1.02. The van der Waals surface area contributed by atoms with Crippen molar-refractivity contribution in [3.63, 3.8) is 0 Å². The van der Waals surface area contributed by atoms with Crippen molar-refractivity contribution >= 4 is 25.0 Å². The zero-order chi connectivity index (χ0) is 6.85. The van der Waals surface area contributed by atoms with Gasteiger partial charge < -0.3 is 10.0 Å². The van der Waals surface area contributed by atoms with Gasteiger partial charge >= 0.3 is 0 Å². The summed E-state index contributed by atoms with van der Waals surface area (Å²) in [5.41, 5.74) is 0. The first-order chi connectivity index (χ1) is 4.24. The van der Waals surface area contributed by atoms with E-state index in [1.807, 2.05) is 7.05 Å². The summed E-state index contributed by atoms with van der Waals surface area (Å²) in [6, 6.07) is 0.354. The predicted molar refractivity (Wildman–Crippen MR) is 48.1 cm³/mol. The van der Waals surface area contributed by atoms with Crippen LogP contribution < -0.4 is 0 Å². The van der Waals surface area contributed by atoms with Gasteiger partial charge in [-0.25, -0.2) is 0 Å². The Balaban J connectivity index is 0.000000810. The Labute approximate surface area is 73.4 Å². The van der Waals surface area contributed by atoms with Crippen LogP contribution in [0.25, 0.3) is 0 Å². The maximum Gasteiger partial charge on any atom is 0.0587 e. The molecule has 1 aliphatic heterocycles. The number of nitrogens with zero attached hydrogens (tertiary/aromatic N) is 1. The molecule has 0 aromatic carbocycles. The second kappa shape index (κ2) is 4.44. The summed E-state index contributed by atoms with van der Waals surface area (Å²) >= 11 is 4.31. The highest BCUT2D eigenvalue weighted by molar-refractivity contribution is 7.81. The number of likely N-dealkylation sites (tertiary alicyclic amines) is 1. The Kier molecular flexibility index (Phi) is 4.69. The highest BCUT2D eigenvalue weighted by Crippen LogP contribution is 2.18. The Morgan fingerprint density at radius 1 is 1.70 bits per heavy atom. The third-order valence-corrected chi connectivity index (χ3v) is 2.25. The van der Waals surface area contributed by atoms with Gasteiger partial charge in [-0.1, -0.05) is 0 Å². The normalized spacial score (nSPS) is 33.9. The van der Waals surface area contributed by atoms with Crippen molar-refractivity contribution in [1.82, 2.24) is 4.90 Å². The molecule has 0 saturated carbocycles. The van der Waals surface area contributed by atoms with Crippen molar-refractivity contribution in [2.45, 2.75) is 17.7 Å². The summed E-state index contributed by atoms with van der Waals surface area (Å²) in [7, 11) is 2.02. The summed E-state index contributed by atoms with van der Waals surface area (Å²) in [5.74, 6) is 0. The lowest BCUT2D eigenvalue weighted by molar-refractivity contribution is 0.182. The van der Waals surface area contributed by atoms with Crippen molar-refractivity contribution in [3.05, 3.63) is 0 Å². The molecule has 1 N–H and O–H groups in total. The second-order valence-corrected chi connectivity index (χ2v) is 3.40. The van der Waals surface area contributed by atoms with Crippen LogP contribution >= 0.6 is 25.0 Å². The van der Waals surface area contributed by atoms with E-state index in [4.69, 9.17) is 5.11 Å². The number of aliphatic hydroxyl groups is 1. The molecule has 62 valence electrons. The van der Waals surface area contributed by atoms with Gasteiger partial charge in [-0.3, -0.25) is 0 Å². The molecule has 10 heavy (non-hydrogen) atoms. The van der Waals surface area contributed by atoms with E-state index in [-0.39, 0.29) is 19.0 Å². The van der Waals surface area contributed by atoms with E-state index in [2.05, 4.69) is 17.5 Å². The molecule has 1 heterocycles. The van der Waals surface area contributed by atoms with Crippen LogP contribution in [-0.4, -0.2) is 41.5 Å². The van der Waals surface area contributed by atoms with Crippen molar-refractivity contribution in [3.8, 4) is 0 Å². The summed E-state index contributed by atoms with van der Waals surface area (Å²) < 4.78 is 0. The molecule has 2 atom stereocenters. The maximum absolute atomic E-state index is 8.78. The van der Waals surface area contributed by atoms with Gasteiger partial charge in [0, 0.05) is 17.8 Å². The molecule has 0 bridgehead atoms. The SMILES string of the molecule is CN1CC(S)CC1CO.Cl. The van der Waals surface area contributed by atoms with Crippen LogP contribution in [0.5, 0.6) is 0 Å². The molecular weight excluding hydrogens is 170 g/mol. The largest absolute Gasteiger partial charge is 0.395 e. The van der Waals surface area contributed by atoms with Crippen LogP contribution in [0.2, 0.25) is 0 Å². The fourth-order valence-electron chi connectivity index (χ4n) is 1.26. The standard InChI is InChI=1S/C6H13NOS.ClH/c1-7-3-6(9)2-5(7)4-8;/h5-6,8-9H,2-4H2,1H3;1H. The van der Waals surface area contributed by atoms with Gasteiger partial charge in [-0.2, -0.15) is 12.6 Å². The number of rotatable bonds is 1. The van der Waals surface area contributed by atoms with Crippen LogP contribution in [0.4, 0.5) is 0 Å². The molecule has 0 radical (unpaired) electrons. The summed E-state index contributed by atoms with van der Waals surface area (Å²) in [4.78, 5) is 2.15. The van der Waals surface area contributed by atoms with Crippen molar-refractivity contribution in [2.75, 3.05) is 20.2 Å². The average Bonchev–Trinajstić information content (AvgIpc) is 2.10. The number of likely N-dealkylation sites (N-methyl/N-ethyl adjacent to an activating group) is 1. The lowest BCUT2D eigenvalue weighted by Crippen LogP contribution is -2.27. The Bertz CT molecular complexity index is 104. The zero-order valence-corrected chi connectivity index (χ0v) is 7.74. The fourth-order valence-corrected chi connectivity index (χ4v) is 1.76. The van der Waals surface area contributed by atoms with Gasteiger partial charge in [-0.05, 0) is 13.5 Å². The van der Waals surface area contributed by atoms with E-state index in [9.17, 15) is 0 Å². The van der Waals surface area contributed by atoms with Gasteiger partial charge in [0.2, 0.25) is 0 Å². The van der Waals surface area contributed by atoms with Gasteiger partial charge in [-0.15, -0.1) is 12.4 Å². The lowest BCUT2D eigenvalue weighted by Gasteiger charge is -2.15. The van der Waals surface area contributed by atoms with E-state index >= 15 is 0 Å². The third kappa shape index (κ3) is 2.31. The Hall–Kier alpha value is 0.560. The molecule has 1 fully saturated rings. The molecule has 0 amide bonds. The van der Waals surface area contributed by atoms with Gasteiger partial charge in [0.25, 0.3) is 0 Å². The van der Waals surface area contributed by atoms with E-state index < -0.39 is 0 Å². The van der Waals surface area contributed by atoms with Crippen molar-refractivity contribution < 1.29 is 5.11 Å². The van der Waals surface area contributed by atoms with Crippen LogP contribution in [0, 0.1) is 0 Å². The van der Waals surface area contributed by atoms with Crippen molar-refractivity contribution in [2.24, 2.45) is 0 Å². The summed E-state index contributed by atoms with van der Waals surface area (Å²) in [5, 5.41) is 9.24. The first-order valence-electron chi connectivity index (χ1n) is 3.23. The van der Waals surface area contributed by atoms with Crippen molar-refractivity contribution in [1.29, 1.82) is 0 Å². The molecule has 0 aromatic heterocycles. The second-order valence-electron chi connectivity index (χ2n) is 2.67. The maximum atomic E-state index is 8.78. The van der Waals surface area contributed by atoms with Crippen LogP contribution in [0.3, 0.4) is 0 Å². The van der Waals surface area contributed by atoms with Crippen LogP contribution in [0.1, 0.15) is 6.42 Å². The molecular formula is C6H14ClNOS. The molecule has 0 aliphatic carbocycles. The topological polar surface area (TPSA) is 23.5 Å². The number of hydrogen-bond acceptors (Lipinski definition) is 3. The highest BCUT2D eigenvalue weighted by Gasteiger charge is 2.25. The molecule has 1 aliphatic rings. The molecule has 2 unspecified atom stereocenters. The molecule has 2 nitrogen and oxygen atoms in total. The van der Waals surface area contributed by atoms with Crippen LogP contribution in [0.15, 0.2) is 0 Å². The van der Waals surface area contributed by atoms with E-state index in [1.54, 1.807) is 0 Å². The average molecular weight is 184 g/mol. The lowest BCUT2D eigenvalue weighted by atomic mass is 10.2.